The molecule has 2 aromatic carbocycles. The third kappa shape index (κ3) is 4.67. The Kier molecular flexibility index (Phi) is 5.63. The minimum atomic E-state index is -0.148. The number of nitrogens with zero attached hydrogens (tertiary/aromatic N) is 1. The summed E-state index contributed by atoms with van der Waals surface area (Å²) >= 11 is 1.32. The van der Waals surface area contributed by atoms with Crippen LogP contribution in [0.4, 0.5) is 5.69 Å². The van der Waals surface area contributed by atoms with Gasteiger partial charge in [-0.1, -0.05) is 12.1 Å². The summed E-state index contributed by atoms with van der Waals surface area (Å²) in [5, 5.41) is 3.35. The molecule has 0 bridgehead atoms. The number of hydrogen-bond acceptors (Lipinski definition) is 5. The molecule has 3 rings (SSSR count). The number of carbonyl (C=O) groups excluding carboxylic acids is 1. The number of rotatable bonds is 5. The van der Waals surface area contributed by atoms with Crippen molar-refractivity contribution in [3.05, 3.63) is 59.0 Å². The zero-order valence-corrected chi connectivity index (χ0v) is 15.7. The highest BCUT2D eigenvalue weighted by molar-refractivity contribution is 8.18. The molecule has 1 aliphatic rings. The van der Waals surface area contributed by atoms with Crippen LogP contribution >= 0.6 is 11.8 Å². The summed E-state index contributed by atoms with van der Waals surface area (Å²) in [5.41, 5.74) is 1.69. The second kappa shape index (κ2) is 8.10. The molecule has 0 spiro atoms. The molecule has 26 heavy (non-hydrogen) atoms. The van der Waals surface area contributed by atoms with Crippen LogP contribution in [0.1, 0.15) is 19.4 Å². The molecule has 0 aliphatic carbocycles. The van der Waals surface area contributed by atoms with Gasteiger partial charge in [0.15, 0.2) is 5.17 Å². The number of amides is 1. The molecule has 0 saturated carbocycles. The van der Waals surface area contributed by atoms with Crippen LogP contribution in [0, 0.1) is 0 Å². The lowest BCUT2D eigenvalue weighted by molar-refractivity contribution is -0.115. The smallest absolute Gasteiger partial charge is 0.264 e. The van der Waals surface area contributed by atoms with E-state index in [1.54, 1.807) is 7.11 Å². The molecule has 5 nitrogen and oxygen atoms in total. The van der Waals surface area contributed by atoms with Gasteiger partial charge in [-0.2, -0.15) is 0 Å². The summed E-state index contributed by atoms with van der Waals surface area (Å²) in [4.78, 5) is 17.2. The number of nitrogens with one attached hydrogen (secondary N) is 1. The average molecular weight is 368 g/mol. The molecule has 6 heteroatoms. The molecule has 0 aromatic heterocycles. The second-order valence-electron chi connectivity index (χ2n) is 5.92. The average Bonchev–Trinajstić information content (AvgIpc) is 2.96. The quantitative estimate of drug-likeness (QED) is 0.796. The molecule has 1 fully saturated rings. The molecular weight excluding hydrogens is 348 g/mol. The van der Waals surface area contributed by atoms with E-state index in [1.807, 2.05) is 68.5 Å². The van der Waals surface area contributed by atoms with Gasteiger partial charge >= 0.3 is 0 Å². The van der Waals surface area contributed by atoms with Gasteiger partial charge in [-0.25, -0.2) is 4.99 Å². The van der Waals surface area contributed by atoms with Crippen LogP contribution in [0.2, 0.25) is 0 Å². The Labute approximate surface area is 157 Å². The molecule has 1 saturated heterocycles. The summed E-state index contributed by atoms with van der Waals surface area (Å²) in [6, 6.07) is 15.0. The van der Waals surface area contributed by atoms with Crippen LogP contribution in [-0.2, 0) is 4.79 Å². The lowest BCUT2D eigenvalue weighted by atomic mass is 10.2. The van der Waals surface area contributed by atoms with Crippen LogP contribution in [0.3, 0.4) is 0 Å². The Morgan fingerprint density at radius 3 is 2.31 bits per heavy atom. The Bertz CT molecular complexity index is 840. The Morgan fingerprint density at radius 1 is 1.04 bits per heavy atom. The van der Waals surface area contributed by atoms with Gasteiger partial charge < -0.3 is 14.8 Å². The fourth-order valence-electron chi connectivity index (χ4n) is 2.32. The zero-order chi connectivity index (χ0) is 18.5. The standard InChI is InChI=1S/C20H20N2O3S/c1-13(2)25-17-8-4-14(5-9-17)12-18-19(23)22-20(26-18)21-15-6-10-16(24-3)11-7-15/h4-13H,1-3H3,(H,21,22,23)/b18-12-. The first kappa shape index (κ1) is 18.1. The van der Waals surface area contributed by atoms with Gasteiger partial charge in [0.2, 0.25) is 0 Å². The predicted molar refractivity (Wildman–Crippen MR) is 106 cm³/mol. The molecule has 1 heterocycles. The summed E-state index contributed by atoms with van der Waals surface area (Å²) in [7, 11) is 1.62. The van der Waals surface area contributed by atoms with Crippen molar-refractivity contribution >= 4 is 34.6 Å². The molecule has 2 aromatic rings. The number of carbonyl (C=O) groups is 1. The number of hydrogen-bond donors (Lipinski definition) is 1. The van der Waals surface area contributed by atoms with Gasteiger partial charge in [-0.05, 0) is 73.6 Å². The number of aliphatic imine (C=N–C) groups is 1. The van der Waals surface area contributed by atoms with Crippen molar-refractivity contribution < 1.29 is 14.3 Å². The Hall–Kier alpha value is -2.73. The van der Waals surface area contributed by atoms with E-state index < -0.39 is 0 Å². The van der Waals surface area contributed by atoms with Gasteiger partial charge in [0.25, 0.3) is 5.91 Å². The summed E-state index contributed by atoms with van der Waals surface area (Å²) in [6.45, 7) is 3.97. The van der Waals surface area contributed by atoms with E-state index in [1.165, 1.54) is 11.8 Å². The number of thioether (sulfide) groups is 1. The Balaban J connectivity index is 1.72. The monoisotopic (exact) mass is 368 g/mol. The number of benzene rings is 2. The van der Waals surface area contributed by atoms with Crippen molar-refractivity contribution in [2.45, 2.75) is 20.0 Å². The van der Waals surface area contributed by atoms with E-state index in [-0.39, 0.29) is 12.0 Å². The SMILES string of the molecule is COc1ccc(N=C2NC(=O)/C(=C/c3ccc(OC(C)C)cc3)S2)cc1. The van der Waals surface area contributed by atoms with Crippen molar-refractivity contribution in [2.24, 2.45) is 4.99 Å². The first-order chi connectivity index (χ1) is 12.5. The second-order valence-corrected chi connectivity index (χ2v) is 6.95. The minimum Gasteiger partial charge on any atom is -0.497 e. The topological polar surface area (TPSA) is 59.9 Å². The van der Waals surface area contributed by atoms with Gasteiger partial charge in [0.1, 0.15) is 11.5 Å². The normalized spacial score (nSPS) is 17.0. The van der Waals surface area contributed by atoms with E-state index in [0.29, 0.717) is 10.1 Å². The van der Waals surface area contributed by atoms with Gasteiger partial charge in [-0.15, -0.1) is 0 Å². The van der Waals surface area contributed by atoms with Crippen molar-refractivity contribution in [3.8, 4) is 11.5 Å². The first-order valence-electron chi connectivity index (χ1n) is 8.24. The van der Waals surface area contributed by atoms with E-state index >= 15 is 0 Å². The van der Waals surface area contributed by atoms with Crippen molar-refractivity contribution in [1.29, 1.82) is 0 Å². The molecule has 0 atom stereocenters. The minimum absolute atomic E-state index is 0.132. The van der Waals surface area contributed by atoms with E-state index in [0.717, 1.165) is 22.7 Å². The highest BCUT2D eigenvalue weighted by atomic mass is 32.2. The van der Waals surface area contributed by atoms with Gasteiger partial charge in [0, 0.05) is 0 Å². The number of methoxy groups -OCH3 is 1. The van der Waals surface area contributed by atoms with E-state index in [9.17, 15) is 4.79 Å². The van der Waals surface area contributed by atoms with E-state index in [2.05, 4.69) is 10.3 Å². The molecule has 1 amide bonds. The molecule has 1 aliphatic heterocycles. The molecule has 134 valence electrons. The van der Waals surface area contributed by atoms with Gasteiger partial charge in [0.05, 0.1) is 23.8 Å². The maximum atomic E-state index is 12.2. The predicted octanol–water partition coefficient (Wildman–Crippen LogP) is 4.37. The van der Waals surface area contributed by atoms with Crippen molar-refractivity contribution in [2.75, 3.05) is 7.11 Å². The maximum Gasteiger partial charge on any atom is 0.264 e. The highest BCUT2D eigenvalue weighted by Gasteiger charge is 2.23. The summed E-state index contributed by atoms with van der Waals surface area (Å²) in [6.07, 6.45) is 1.97. The first-order valence-corrected chi connectivity index (χ1v) is 9.05. The van der Waals surface area contributed by atoms with Crippen molar-refractivity contribution in [3.63, 3.8) is 0 Å². The molecule has 0 radical (unpaired) electrons. The van der Waals surface area contributed by atoms with Gasteiger partial charge in [-0.3, -0.25) is 4.79 Å². The molecule has 1 N–H and O–H groups in total. The third-order valence-electron chi connectivity index (χ3n) is 3.50. The van der Waals surface area contributed by atoms with Crippen LogP contribution in [-0.4, -0.2) is 24.3 Å². The maximum absolute atomic E-state index is 12.2. The fourth-order valence-corrected chi connectivity index (χ4v) is 3.16. The van der Waals surface area contributed by atoms with Crippen LogP contribution < -0.4 is 14.8 Å². The van der Waals surface area contributed by atoms with Crippen LogP contribution in [0.5, 0.6) is 11.5 Å². The molecular formula is C20H20N2O3S. The summed E-state index contributed by atoms with van der Waals surface area (Å²) in [5.74, 6) is 1.43. The van der Waals surface area contributed by atoms with Crippen molar-refractivity contribution in [1.82, 2.24) is 5.32 Å². The lowest BCUT2D eigenvalue weighted by Crippen LogP contribution is -2.19. The number of ether oxygens (including phenoxy) is 2. The third-order valence-corrected chi connectivity index (χ3v) is 4.41. The largest absolute Gasteiger partial charge is 0.497 e. The fraction of sp³-hybridized carbons (Fsp3) is 0.200. The Morgan fingerprint density at radius 2 is 1.69 bits per heavy atom. The lowest BCUT2D eigenvalue weighted by Gasteiger charge is -2.09. The molecule has 0 unspecified atom stereocenters. The zero-order valence-electron chi connectivity index (χ0n) is 14.9. The number of amidine groups is 1. The summed E-state index contributed by atoms with van der Waals surface area (Å²) < 4.78 is 10.8. The highest BCUT2D eigenvalue weighted by Crippen LogP contribution is 2.29. The van der Waals surface area contributed by atoms with Crippen LogP contribution in [0.25, 0.3) is 6.08 Å². The van der Waals surface area contributed by atoms with Crippen LogP contribution in [0.15, 0.2) is 58.4 Å². The van der Waals surface area contributed by atoms with E-state index in [4.69, 9.17) is 9.47 Å².